The van der Waals surface area contributed by atoms with Crippen LogP contribution in [0.4, 0.5) is 0 Å². The Kier molecular flexibility index (Phi) is 12.5. The normalized spacial score (nSPS) is 21.0. The van der Waals surface area contributed by atoms with E-state index in [0.29, 0.717) is 30.7 Å². The van der Waals surface area contributed by atoms with Crippen LogP contribution in [0.1, 0.15) is 61.4 Å². The molecule has 1 fully saturated rings. The highest BCUT2D eigenvalue weighted by Crippen LogP contribution is 2.30. The van der Waals surface area contributed by atoms with E-state index < -0.39 is 42.1 Å². The zero-order valence-corrected chi connectivity index (χ0v) is 27.8. The van der Waals surface area contributed by atoms with Crippen LogP contribution in [0.2, 0.25) is 0 Å². The van der Waals surface area contributed by atoms with Crippen LogP contribution in [0.25, 0.3) is 0 Å². The molecule has 0 saturated carbocycles. The molecule has 2 aliphatic heterocycles. The minimum absolute atomic E-state index is 0.106. The number of rotatable bonds is 15. The largest absolute Gasteiger partial charge is 0.468 e. The lowest BCUT2D eigenvalue weighted by Gasteiger charge is -2.37. The van der Waals surface area contributed by atoms with Crippen molar-refractivity contribution in [3.8, 4) is 6.07 Å². The van der Waals surface area contributed by atoms with Crippen LogP contribution in [-0.4, -0.2) is 78.2 Å². The van der Waals surface area contributed by atoms with Crippen molar-refractivity contribution < 1.29 is 23.9 Å². The van der Waals surface area contributed by atoms with E-state index in [1.54, 1.807) is 29.2 Å². The summed E-state index contributed by atoms with van der Waals surface area (Å²) >= 11 is 1.44. The SMILES string of the molecule is CC[C@H](C)[C@H](N)C(N[C@H](C(=O)OC)[C@H](CSC)C(=O)C1NCCc2ccccc21)C(=O)[C@@H]1CCC(=O)N1Cc1ccc(C#N)cc1. The predicted octanol–water partition coefficient (Wildman–Crippen LogP) is 2.93. The number of hydrogen-bond donors (Lipinski definition) is 3. The number of nitriles is 1. The third-order valence-electron chi connectivity index (χ3n) is 9.41. The third kappa shape index (κ3) is 7.86. The first kappa shape index (κ1) is 35.3. The standard InChI is InChI=1S/C35H45N5O5S/c1-5-21(2)29(37)32(34(43)27-14-15-28(41)40(27)19-23-12-10-22(18-36)11-13-23)39-31(35(44)45-3)26(20-46-4)33(42)30-25-9-7-6-8-24(25)16-17-38-30/h6-13,21,26-27,29-32,38-39H,5,14-17,19-20,37H2,1-4H3/t21-,26-,27-,29-,30?,31-,32?/m0/s1. The van der Waals surface area contributed by atoms with Gasteiger partial charge < -0.3 is 20.7 Å². The van der Waals surface area contributed by atoms with Crippen LogP contribution in [0.3, 0.4) is 0 Å². The quantitative estimate of drug-likeness (QED) is 0.246. The lowest BCUT2D eigenvalue weighted by Crippen LogP contribution is -2.63. The number of amides is 1. The molecule has 2 heterocycles. The van der Waals surface area contributed by atoms with Crippen molar-refractivity contribution >= 4 is 35.2 Å². The van der Waals surface area contributed by atoms with Crippen LogP contribution < -0.4 is 16.4 Å². The molecule has 0 spiro atoms. The average Bonchev–Trinajstić information content (AvgIpc) is 3.45. The number of Topliss-reactive ketones (excluding diaryl/α,β-unsaturated/α-hetero) is 2. The van der Waals surface area contributed by atoms with Gasteiger partial charge in [0.15, 0.2) is 11.6 Å². The Morgan fingerprint density at radius 3 is 2.50 bits per heavy atom. The minimum Gasteiger partial charge on any atom is -0.468 e. The molecule has 1 saturated heterocycles. The Labute approximate surface area is 275 Å². The number of likely N-dealkylation sites (tertiary alicyclic amines) is 1. The summed E-state index contributed by atoms with van der Waals surface area (Å²) in [5, 5.41) is 15.8. The summed E-state index contributed by atoms with van der Waals surface area (Å²) in [4.78, 5) is 56.9. The van der Waals surface area contributed by atoms with Gasteiger partial charge in [-0.15, -0.1) is 0 Å². The van der Waals surface area contributed by atoms with Gasteiger partial charge >= 0.3 is 5.97 Å². The first-order valence-corrected chi connectivity index (χ1v) is 17.3. The summed E-state index contributed by atoms with van der Waals surface area (Å²) in [7, 11) is 1.27. The van der Waals surface area contributed by atoms with Crippen molar-refractivity contribution in [2.24, 2.45) is 17.6 Å². The number of ether oxygens (including phenoxy) is 1. The molecule has 46 heavy (non-hydrogen) atoms. The van der Waals surface area contributed by atoms with Crippen molar-refractivity contribution in [1.29, 1.82) is 5.26 Å². The number of esters is 1. The van der Waals surface area contributed by atoms with E-state index in [2.05, 4.69) is 16.7 Å². The maximum atomic E-state index is 14.5. The predicted molar refractivity (Wildman–Crippen MR) is 178 cm³/mol. The maximum Gasteiger partial charge on any atom is 0.323 e. The molecule has 4 rings (SSSR count). The number of ketones is 2. The number of nitrogens with zero attached hydrogens (tertiary/aromatic N) is 2. The van der Waals surface area contributed by atoms with E-state index in [1.807, 2.05) is 44.4 Å². The van der Waals surface area contributed by atoms with E-state index in [4.69, 9.17) is 15.7 Å². The van der Waals surface area contributed by atoms with Crippen molar-refractivity contribution in [2.75, 3.05) is 25.7 Å². The van der Waals surface area contributed by atoms with E-state index in [0.717, 1.165) is 23.1 Å². The van der Waals surface area contributed by atoms with E-state index in [-0.39, 0.29) is 36.4 Å². The number of benzene rings is 2. The van der Waals surface area contributed by atoms with Gasteiger partial charge in [-0.2, -0.15) is 17.0 Å². The number of hydrogen-bond acceptors (Lipinski definition) is 10. The number of carbonyl (C=O) groups excluding carboxylic acids is 4. The van der Waals surface area contributed by atoms with Crippen LogP contribution in [0.15, 0.2) is 48.5 Å². The zero-order valence-electron chi connectivity index (χ0n) is 27.0. The van der Waals surface area contributed by atoms with Crippen molar-refractivity contribution in [3.63, 3.8) is 0 Å². The first-order valence-electron chi connectivity index (χ1n) is 15.9. The second kappa shape index (κ2) is 16.3. The summed E-state index contributed by atoms with van der Waals surface area (Å²) in [5.41, 5.74) is 10.1. The highest BCUT2D eigenvalue weighted by molar-refractivity contribution is 7.98. The molecular formula is C35H45N5O5S. The fourth-order valence-electron chi connectivity index (χ4n) is 6.46. The Bertz CT molecular complexity index is 1440. The van der Waals surface area contributed by atoms with E-state index in [9.17, 15) is 19.2 Å². The summed E-state index contributed by atoms with van der Waals surface area (Å²) in [5.74, 6) is -1.87. The highest BCUT2D eigenvalue weighted by Gasteiger charge is 2.46. The molecule has 2 aromatic rings. The Morgan fingerprint density at radius 1 is 1.13 bits per heavy atom. The number of nitrogens with one attached hydrogen (secondary N) is 2. The van der Waals surface area contributed by atoms with Gasteiger partial charge in [0.1, 0.15) is 6.04 Å². The molecule has 2 aromatic carbocycles. The van der Waals surface area contributed by atoms with Gasteiger partial charge in [-0.3, -0.25) is 24.5 Å². The van der Waals surface area contributed by atoms with Gasteiger partial charge in [-0.1, -0.05) is 56.7 Å². The number of carbonyl (C=O) groups is 4. The first-order chi connectivity index (χ1) is 22.1. The molecule has 10 nitrogen and oxygen atoms in total. The van der Waals surface area contributed by atoms with Crippen LogP contribution >= 0.6 is 11.8 Å². The maximum absolute atomic E-state index is 14.5. The van der Waals surface area contributed by atoms with Gasteiger partial charge in [0.2, 0.25) is 5.91 Å². The molecule has 7 atom stereocenters. The fourth-order valence-corrected chi connectivity index (χ4v) is 7.18. The van der Waals surface area contributed by atoms with Crippen molar-refractivity contribution in [1.82, 2.24) is 15.5 Å². The van der Waals surface area contributed by atoms with Gasteiger partial charge in [0.25, 0.3) is 0 Å². The molecule has 0 aliphatic carbocycles. The fraction of sp³-hybridized carbons (Fsp3) is 0.514. The number of methoxy groups -OCH3 is 1. The lowest BCUT2D eigenvalue weighted by atomic mass is 9.83. The second-order valence-electron chi connectivity index (χ2n) is 12.2. The molecular weight excluding hydrogens is 602 g/mol. The monoisotopic (exact) mass is 647 g/mol. The molecule has 4 N–H and O–H groups in total. The average molecular weight is 648 g/mol. The van der Waals surface area contributed by atoms with E-state index >= 15 is 0 Å². The van der Waals surface area contributed by atoms with Crippen molar-refractivity contribution in [2.45, 2.75) is 76.3 Å². The molecule has 2 aliphatic rings. The Morgan fingerprint density at radius 2 is 1.85 bits per heavy atom. The number of thioether (sulfide) groups is 1. The van der Waals surface area contributed by atoms with E-state index in [1.165, 1.54) is 18.9 Å². The summed E-state index contributed by atoms with van der Waals surface area (Å²) in [6, 6.07) is 12.6. The zero-order chi connectivity index (χ0) is 33.4. The van der Waals surface area contributed by atoms with Gasteiger partial charge in [0.05, 0.1) is 42.8 Å². The van der Waals surface area contributed by atoms with Crippen LogP contribution in [0.5, 0.6) is 0 Å². The van der Waals surface area contributed by atoms with Crippen LogP contribution in [-0.2, 0) is 36.9 Å². The third-order valence-corrected chi connectivity index (χ3v) is 10.1. The Balaban J connectivity index is 1.67. The molecule has 0 aromatic heterocycles. The molecule has 2 unspecified atom stereocenters. The summed E-state index contributed by atoms with van der Waals surface area (Å²) < 4.78 is 5.23. The van der Waals surface area contributed by atoms with Gasteiger partial charge in [-0.05, 0) is 53.8 Å². The molecule has 1 amide bonds. The second-order valence-corrected chi connectivity index (χ2v) is 13.1. The molecule has 0 radical (unpaired) electrons. The van der Waals surface area contributed by atoms with Crippen LogP contribution in [0, 0.1) is 23.2 Å². The smallest absolute Gasteiger partial charge is 0.323 e. The molecule has 0 bridgehead atoms. The Hall–Kier alpha value is -3.56. The highest BCUT2D eigenvalue weighted by atomic mass is 32.2. The van der Waals surface area contributed by atoms with Crippen molar-refractivity contribution in [3.05, 3.63) is 70.8 Å². The van der Waals surface area contributed by atoms with Gasteiger partial charge in [-0.25, -0.2) is 0 Å². The molecule has 246 valence electrons. The lowest BCUT2D eigenvalue weighted by molar-refractivity contribution is -0.148. The summed E-state index contributed by atoms with van der Waals surface area (Å²) in [6.45, 7) is 4.75. The summed E-state index contributed by atoms with van der Waals surface area (Å²) in [6.07, 6.45) is 3.88. The number of nitrogens with two attached hydrogens (primary N) is 1. The molecule has 11 heteroatoms. The number of fused-ring (bicyclic) bond motifs is 1. The minimum atomic E-state index is -1.14. The van der Waals surface area contributed by atoms with Gasteiger partial charge in [0, 0.05) is 31.3 Å². The topological polar surface area (TPSA) is 155 Å².